The molecule has 3 aromatic rings. The summed E-state index contributed by atoms with van der Waals surface area (Å²) in [5, 5.41) is 8.98. The van der Waals surface area contributed by atoms with E-state index in [0.29, 0.717) is 0 Å². The second-order valence-electron chi connectivity index (χ2n) is 6.76. The number of benzene rings is 2. The van der Waals surface area contributed by atoms with Gasteiger partial charge in [0.05, 0.1) is 6.67 Å². The maximum atomic E-state index is 5.55. The fourth-order valence-corrected chi connectivity index (χ4v) is 4.32. The number of nitrogens with zero attached hydrogens (tertiary/aromatic N) is 3. The maximum Gasteiger partial charge on any atom is 0.209 e. The van der Waals surface area contributed by atoms with Gasteiger partial charge in [-0.3, -0.25) is 4.90 Å². The lowest BCUT2D eigenvalue weighted by atomic mass is 10.0. The first kappa shape index (κ1) is 17.4. The minimum Gasteiger partial charge on any atom is -0.330 e. The second-order valence-corrected chi connectivity index (χ2v) is 8.38. The summed E-state index contributed by atoms with van der Waals surface area (Å²) in [5.41, 5.74) is 6.47. The van der Waals surface area contributed by atoms with Crippen molar-refractivity contribution in [1.82, 2.24) is 14.7 Å². The van der Waals surface area contributed by atoms with Gasteiger partial charge in [-0.05, 0) is 60.8 Å². The normalized spacial score (nSPS) is 14.2. The van der Waals surface area contributed by atoms with Gasteiger partial charge in [0.15, 0.2) is 3.95 Å². The van der Waals surface area contributed by atoms with E-state index in [1.807, 2.05) is 4.68 Å². The monoisotopic (exact) mass is 382 g/mol. The van der Waals surface area contributed by atoms with Gasteiger partial charge in [0.25, 0.3) is 0 Å². The van der Waals surface area contributed by atoms with Crippen LogP contribution in [-0.2, 0) is 19.6 Å². The Hall–Kier alpha value is -2.02. The SMILES string of the molecule is Cc1cccc(Nc2nn(CN3CCc4ccccc4C3)c(=S)s2)c1C. The van der Waals surface area contributed by atoms with Gasteiger partial charge in [-0.2, -0.15) is 0 Å². The number of hydrogen-bond donors (Lipinski definition) is 1. The van der Waals surface area contributed by atoms with E-state index in [1.165, 1.54) is 33.6 Å². The lowest BCUT2D eigenvalue weighted by Gasteiger charge is -2.28. The second kappa shape index (κ2) is 7.31. The Labute approximate surface area is 163 Å². The third-order valence-electron chi connectivity index (χ3n) is 5.00. The third kappa shape index (κ3) is 3.58. The highest BCUT2D eigenvalue weighted by molar-refractivity contribution is 7.73. The Morgan fingerprint density at radius 3 is 2.77 bits per heavy atom. The molecule has 1 aliphatic rings. The molecule has 0 aliphatic carbocycles. The van der Waals surface area contributed by atoms with Gasteiger partial charge in [-0.15, -0.1) is 5.10 Å². The molecule has 1 aliphatic heterocycles. The summed E-state index contributed by atoms with van der Waals surface area (Å²) in [7, 11) is 0. The molecule has 0 fully saturated rings. The summed E-state index contributed by atoms with van der Waals surface area (Å²) in [5.74, 6) is 0. The van der Waals surface area contributed by atoms with Gasteiger partial charge < -0.3 is 5.32 Å². The zero-order valence-corrected chi connectivity index (χ0v) is 16.7. The molecule has 0 spiro atoms. The number of rotatable bonds is 4. The molecule has 0 saturated carbocycles. The molecule has 2 heterocycles. The van der Waals surface area contributed by atoms with E-state index in [4.69, 9.17) is 17.3 Å². The molecule has 4 nitrogen and oxygen atoms in total. The summed E-state index contributed by atoms with van der Waals surface area (Å²) in [6.07, 6.45) is 1.08. The van der Waals surface area contributed by atoms with Crippen LogP contribution in [0.1, 0.15) is 22.3 Å². The van der Waals surface area contributed by atoms with E-state index < -0.39 is 0 Å². The summed E-state index contributed by atoms with van der Waals surface area (Å²) in [6.45, 7) is 6.97. The van der Waals surface area contributed by atoms with Crippen LogP contribution in [0.2, 0.25) is 0 Å². The molecule has 4 rings (SSSR count). The van der Waals surface area contributed by atoms with Crippen LogP contribution in [0.25, 0.3) is 0 Å². The molecule has 0 saturated heterocycles. The molecule has 1 aromatic heterocycles. The van der Waals surface area contributed by atoms with Crippen LogP contribution in [0, 0.1) is 17.8 Å². The van der Waals surface area contributed by atoms with Crippen molar-refractivity contribution >= 4 is 34.4 Å². The topological polar surface area (TPSA) is 33.1 Å². The highest BCUT2D eigenvalue weighted by atomic mass is 32.1. The summed E-state index contributed by atoms with van der Waals surface area (Å²) >= 11 is 7.07. The van der Waals surface area contributed by atoms with Crippen molar-refractivity contribution in [3.8, 4) is 0 Å². The van der Waals surface area contributed by atoms with Gasteiger partial charge in [-0.25, -0.2) is 4.68 Å². The number of anilines is 2. The first-order valence-electron chi connectivity index (χ1n) is 8.80. The van der Waals surface area contributed by atoms with Crippen molar-refractivity contribution in [3.63, 3.8) is 0 Å². The van der Waals surface area contributed by atoms with E-state index in [0.717, 1.165) is 41.0 Å². The fourth-order valence-electron chi connectivity index (χ4n) is 3.31. The summed E-state index contributed by atoms with van der Waals surface area (Å²) in [6, 6.07) is 14.9. The minimum absolute atomic E-state index is 0.734. The number of aromatic nitrogens is 2. The zero-order chi connectivity index (χ0) is 18.1. The molecule has 2 aromatic carbocycles. The standard InChI is InChI=1S/C20H22N4S2/c1-14-6-5-9-18(15(14)2)21-19-22-24(20(25)26-19)13-23-11-10-16-7-3-4-8-17(16)12-23/h3-9H,10-13H2,1-2H3,(H,21,22). The smallest absolute Gasteiger partial charge is 0.209 e. The van der Waals surface area contributed by atoms with Gasteiger partial charge in [0.2, 0.25) is 5.13 Å². The predicted molar refractivity (Wildman–Crippen MR) is 111 cm³/mol. The van der Waals surface area contributed by atoms with Crippen molar-refractivity contribution in [3.05, 3.63) is 68.7 Å². The highest BCUT2D eigenvalue weighted by Crippen LogP contribution is 2.25. The number of aryl methyl sites for hydroxylation is 1. The highest BCUT2D eigenvalue weighted by Gasteiger charge is 2.17. The van der Waals surface area contributed by atoms with E-state index >= 15 is 0 Å². The molecule has 0 unspecified atom stereocenters. The summed E-state index contributed by atoms with van der Waals surface area (Å²) in [4.78, 5) is 2.40. The number of fused-ring (bicyclic) bond motifs is 1. The molecule has 0 atom stereocenters. The minimum atomic E-state index is 0.734. The Balaban J connectivity index is 1.49. The van der Waals surface area contributed by atoms with E-state index in [1.54, 1.807) is 0 Å². The molecule has 0 amide bonds. The fraction of sp³-hybridized carbons (Fsp3) is 0.300. The Morgan fingerprint density at radius 2 is 1.92 bits per heavy atom. The van der Waals surface area contributed by atoms with Gasteiger partial charge in [0.1, 0.15) is 0 Å². The number of nitrogens with one attached hydrogen (secondary N) is 1. The van der Waals surface area contributed by atoms with Crippen LogP contribution < -0.4 is 5.32 Å². The molecule has 1 N–H and O–H groups in total. The van der Waals surface area contributed by atoms with Crippen LogP contribution in [0.3, 0.4) is 0 Å². The Morgan fingerprint density at radius 1 is 1.12 bits per heavy atom. The molecule has 0 bridgehead atoms. The van der Waals surface area contributed by atoms with Gasteiger partial charge in [0, 0.05) is 18.8 Å². The van der Waals surface area contributed by atoms with Crippen LogP contribution in [0.5, 0.6) is 0 Å². The van der Waals surface area contributed by atoms with Crippen LogP contribution >= 0.6 is 23.6 Å². The first-order valence-corrected chi connectivity index (χ1v) is 10.0. The van der Waals surface area contributed by atoms with Crippen molar-refractivity contribution in [2.45, 2.75) is 33.5 Å². The van der Waals surface area contributed by atoms with Crippen molar-refractivity contribution in [1.29, 1.82) is 0 Å². The van der Waals surface area contributed by atoms with Gasteiger partial charge in [-0.1, -0.05) is 47.7 Å². The van der Waals surface area contributed by atoms with Crippen LogP contribution in [0.15, 0.2) is 42.5 Å². The Bertz CT molecular complexity index is 989. The van der Waals surface area contributed by atoms with E-state index in [2.05, 4.69) is 66.5 Å². The average molecular weight is 383 g/mol. The lowest BCUT2D eigenvalue weighted by Crippen LogP contribution is -2.32. The molecule has 26 heavy (non-hydrogen) atoms. The van der Waals surface area contributed by atoms with Crippen molar-refractivity contribution in [2.75, 3.05) is 11.9 Å². The van der Waals surface area contributed by atoms with Crippen LogP contribution in [-0.4, -0.2) is 21.2 Å². The van der Waals surface area contributed by atoms with E-state index in [9.17, 15) is 0 Å². The lowest BCUT2D eigenvalue weighted by molar-refractivity contribution is 0.189. The molecule has 6 heteroatoms. The predicted octanol–water partition coefficient (Wildman–Crippen LogP) is 5.05. The Kier molecular flexibility index (Phi) is 4.89. The van der Waals surface area contributed by atoms with E-state index in [-0.39, 0.29) is 0 Å². The molecule has 0 radical (unpaired) electrons. The van der Waals surface area contributed by atoms with Crippen molar-refractivity contribution < 1.29 is 0 Å². The van der Waals surface area contributed by atoms with Crippen LogP contribution in [0.4, 0.5) is 10.8 Å². The molecular formula is C20H22N4S2. The maximum absolute atomic E-state index is 5.55. The zero-order valence-electron chi connectivity index (χ0n) is 15.0. The quantitative estimate of drug-likeness (QED) is 0.640. The number of hydrogen-bond acceptors (Lipinski definition) is 5. The first-order chi connectivity index (χ1) is 12.6. The molecule has 134 valence electrons. The third-order valence-corrected chi connectivity index (χ3v) is 6.22. The average Bonchev–Trinajstić information content (AvgIpc) is 2.98. The molecular weight excluding hydrogens is 360 g/mol. The van der Waals surface area contributed by atoms with Crippen molar-refractivity contribution in [2.24, 2.45) is 0 Å². The van der Waals surface area contributed by atoms with Gasteiger partial charge >= 0.3 is 0 Å². The summed E-state index contributed by atoms with van der Waals surface area (Å²) < 4.78 is 2.73. The largest absolute Gasteiger partial charge is 0.330 e.